The second-order valence-electron chi connectivity index (χ2n) is 6.86. The predicted octanol–water partition coefficient (Wildman–Crippen LogP) is 2.46. The predicted molar refractivity (Wildman–Crippen MR) is 93.7 cm³/mol. The van der Waals surface area contributed by atoms with Gasteiger partial charge < -0.3 is 15.1 Å². The van der Waals surface area contributed by atoms with Crippen molar-refractivity contribution in [3.63, 3.8) is 0 Å². The summed E-state index contributed by atoms with van der Waals surface area (Å²) in [5.74, 6) is -0.339. The molecule has 2 fully saturated rings. The van der Waals surface area contributed by atoms with E-state index in [1.165, 1.54) is 37.9 Å². The van der Waals surface area contributed by atoms with E-state index in [9.17, 15) is 9.18 Å². The number of carbonyl (C=O) groups excluding carboxylic acids is 1. The number of hydrogen-bond donors (Lipinski definition) is 1. The molecule has 1 aromatic rings. The first-order valence-corrected chi connectivity index (χ1v) is 8.86. The van der Waals surface area contributed by atoms with Gasteiger partial charge in [-0.15, -0.1) is 0 Å². The summed E-state index contributed by atoms with van der Waals surface area (Å²) in [5.41, 5.74) is 0.506. The van der Waals surface area contributed by atoms with Gasteiger partial charge in [0.15, 0.2) is 0 Å². The number of piperidine rings is 1. The fourth-order valence-electron chi connectivity index (χ4n) is 3.58. The van der Waals surface area contributed by atoms with Crippen LogP contribution in [0.2, 0.25) is 0 Å². The third kappa shape index (κ3) is 4.45. The van der Waals surface area contributed by atoms with Gasteiger partial charge in [0.05, 0.1) is 0 Å². The van der Waals surface area contributed by atoms with Gasteiger partial charge in [0, 0.05) is 44.5 Å². The average molecular weight is 334 g/mol. The molecular weight excluding hydrogens is 307 g/mol. The van der Waals surface area contributed by atoms with Crippen molar-refractivity contribution in [2.45, 2.75) is 25.3 Å². The molecule has 1 N–H and O–H groups in total. The van der Waals surface area contributed by atoms with E-state index >= 15 is 0 Å². The number of halogens is 1. The van der Waals surface area contributed by atoms with Crippen LogP contribution in [0.4, 0.5) is 14.9 Å². The molecule has 2 saturated heterocycles. The molecule has 0 spiro atoms. The number of nitrogens with zero attached hydrogens (tertiary/aromatic N) is 3. The number of piperazine rings is 1. The minimum Gasteiger partial charge on any atom is -0.322 e. The number of likely N-dealkylation sites (tertiary alicyclic amines) is 1. The maximum atomic E-state index is 13.2. The van der Waals surface area contributed by atoms with E-state index in [1.54, 1.807) is 12.1 Å². The van der Waals surface area contributed by atoms with E-state index in [4.69, 9.17) is 0 Å². The number of anilines is 1. The quantitative estimate of drug-likeness (QED) is 0.923. The van der Waals surface area contributed by atoms with Gasteiger partial charge in [-0.25, -0.2) is 9.18 Å². The summed E-state index contributed by atoms with van der Waals surface area (Å²) >= 11 is 0. The molecule has 5 nitrogen and oxygen atoms in total. The lowest BCUT2D eigenvalue weighted by Gasteiger charge is -2.40. The summed E-state index contributed by atoms with van der Waals surface area (Å²) in [4.78, 5) is 19.0. The van der Waals surface area contributed by atoms with Gasteiger partial charge >= 0.3 is 6.03 Å². The van der Waals surface area contributed by atoms with Gasteiger partial charge in [-0.2, -0.15) is 0 Å². The smallest absolute Gasteiger partial charge is 0.321 e. The number of likely N-dealkylation sites (N-methyl/N-ethyl adjacent to an activating group) is 1. The minimum absolute atomic E-state index is 0.143. The summed E-state index contributed by atoms with van der Waals surface area (Å²) < 4.78 is 13.2. The zero-order chi connectivity index (χ0) is 16.9. The monoisotopic (exact) mass is 334 g/mol. The van der Waals surface area contributed by atoms with Crippen molar-refractivity contribution in [2.24, 2.45) is 0 Å². The Kier molecular flexibility index (Phi) is 5.68. The summed E-state index contributed by atoms with van der Waals surface area (Å²) in [6.07, 6.45) is 3.91. The lowest BCUT2D eigenvalue weighted by molar-refractivity contribution is 0.0956. The van der Waals surface area contributed by atoms with Gasteiger partial charge in [-0.05, 0) is 44.6 Å². The van der Waals surface area contributed by atoms with Gasteiger partial charge in [-0.3, -0.25) is 4.90 Å². The van der Waals surface area contributed by atoms with Crippen molar-refractivity contribution in [3.8, 4) is 0 Å². The lowest BCUT2D eigenvalue weighted by atomic mass is 10.0. The first-order chi connectivity index (χ1) is 11.6. The molecule has 0 saturated carbocycles. The molecule has 0 aliphatic carbocycles. The zero-order valence-electron chi connectivity index (χ0n) is 14.4. The largest absolute Gasteiger partial charge is 0.322 e. The molecule has 3 rings (SSSR count). The topological polar surface area (TPSA) is 38.8 Å². The van der Waals surface area contributed by atoms with Gasteiger partial charge in [-0.1, -0.05) is 12.5 Å². The molecule has 6 heteroatoms. The van der Waals surface area contributed by atoms with Gasteiger partial charge in [0.2, 0.25) is 0 Å². The Bertz CT molecular complexity index is 560. The van der Waals surface area contributed by atoms with Crippen molar-refractivity contribution >= 4 is 11.7 Å². The molecule has 1 aromatic carbocycles. The van der Waals surface area contributed by atoms with Crippen LogP contribution >= 0.6 is 0 Å². The van der Waals surface area contributed by atoms with E-state index < -0.39 is 0 Å². The van der Waals surface area contributed by atoms with Crippen LogP contribution in [0, 0.1) is 5.82 Å². The zero-order valence-corrected chi connectivity index (χ0v) is 14.4. The van der Waals surface area contributed by atoms with Gasteiger partial charge in [0.1, 0.15) is 5.82 Å². The normalized spacial score (nSPS) is 23.2. The van der Waals surface area contributed by atoms with E-state index in [1.807, 2.05) is 4.90 Å². The van der Waals surface area contributed by atoms with Crippen LogP contribution in [0.15, 0.2) is 24.3 Å². The number of benzene rings is 1. The second kappa shape index (κ2) is 7.94. The fourth-order valence-corrected chi connectivity index (χ4v) is 3.58. The standard InChI is InChI=1S/C18H27FN4O/c1-21-8-3-2-7-17(21)14-22-9-11-23(12-10-22)18(24)20-16-6-4-5-15(19)13-16/h4-6,13,17H,2-3,7-12,14H2,1H3,(H,20,24). The summed E-state index contributed by atoms with van der Waals surface area (Å²) in [6, 6.07) is 6.52. The molecule has 1 unspecified atom stereocenters. The average Bonchev–Trinajstić information content (AvgIpc) is 2.57. The molecular formula is C18H27FN4O. The highest BCUT2D eigenvalue weighted by atomic mass is 19.1. The SMILES string of the molecule is CN1CCCCC1CN1CCN(C(=O)Nc2cccc(F)c2)CC1. The third-order valence-corrected chi connectivity index (χ3v) is 5.13. The van der Waals surface area contributed by atoms with Gasteiger partial charge in [0.25, 0.3) is 0 Å². The van der Waals surface area contributed by atoms with Crippen LogP contribution in [0.25, 0.3) is 0 Å². The van der Waals surface area contributed by atoms with E-state index in [-0.39, 0.29) is 11.8 Å². The van der Waals surface area contributed by atoms with E-state index in [0.717, 1.165) is 32.7 Å². The molecule has 132 valence electrons. The molecule has 2 aliphatic rings. The highest BCUT2D eigenvalue weighted by Crippen LogP contribution is 2.17. The Labute approximate surface area is 143 Å². The minimum atomic E-state index is -0.339. The number of amides is 2. The molecule has 24 heavy (non-hydrogen) atoms. The molecule has 2 aliphatic heterocycles. The van der Waals surface area contributed by atoms with Crippen LogP contribution in [-0.4, -0.2) is 73.1 Å². The number of urea groups is 1. The molecule has 2 amide bonds. The second-order valence-corrected chi connectivity index (χ2v) is 6.86. The van der Waals surface area contributed by atoms with Crippen molar-refractivity contribution < 1.29 is 9.18 Å². The number of rotatable bonds is 3. The number of nitrogens with one attached hydrogen (secondary N) is 1. The van der Waals surface area contributed by atoms with Crippen molar-refractivity contribution in [1.82, 2.24) is 14.7 Å². The van der Waals surface area contributed by atoms with E-state index in [2.05, 4.69) is 22.2 Å². The molecule has 0 bridgehead atoms. The molecule has 1 atom stereocenters. The number of hydrogen-bond acceptors (Lipinski definition) is 3. The van der Waals surface area contributed by atoms with Crippen LogP contribution in [0.3, 0.4) is 0 Å². The maximum absolute atomic E-state index is 13.2. The van der Waals surface area contributed by atoms with Crippen molar-refractivity contribution in [1.29, 1.82) is 0 Å². The Morgan fingerprint density at radius 3 is 2.71 bits per heavy atom. The first-order valence-electron chi connectivity index (χ1n) is 8.86. The summed E-state index contributed by atoms with van der Waals surface area (Å²) in [7, 11) is 2.21. The lowest BCUT2D eigenvalue weighted by Crippen LogP contribution is -2.53. The Balaban J connectivity index is 1.45. The van der Waals surface area contributed by atoms with Crippen LogP contribution in [-0.2, 0) is 0 Å². The fraction of sp³-hybridized carbons (Fsp3) is 0.611. The van der Waals surface area contributed by atoms with Crippen LogP contribution in [0.1, 0.15) is 19.3 Å². The molecule has 0 aromatic heterocycles. The van der Waals surface area contributed by atoms with Crippen LogP contribution < -0.4 is 5.32 Å². The number of carbonyl (C=O) groups is 1. The first kappa shape index (κ1) is 17.2. The Morgan fingerprint density at radius 2 is 2.00 bits per heavy atom. The highest BCUT2D eigenvalue weighted by molar-refractivity contribution is 5.89. The summed E-state index contributed by atoms with van der Waals surface area (Å²) in [6.45, 7) is 5.54. The Hall–Kier alpha value is -1.66. The third-order valence-electron chi connectivity index (χ3n) is 5.13. The highest BCUT2D eigenvalue weighted by Gasteiger charge is 2.25. The molecule has 0 radical (unpaired) electrons. The maximum Gasteiger partial charge on any atom is 0.321 e. The Morgan fingerprint density at radius 1 is 1.21 bits per heavy atom. The summed E-state index contributed by atoms with van der Waals surface area (Å²) in [5, 5.41) is 2.78. The van der Waals surface area contributed by atoms with Crippen molar-refractivity contribution in [2.75, 3.05) is 51.6 Å². The molecule has 2 heterocycles. The van der Waals surface area contributed by atoms with Crippen LogP contribution in [0.5, 0.6) is 0 Å². The van der Waals surface area contributed by atoms with Crippen molar-refractivity contribution in [3.05, 3.63) is 30.1 Å². The van der Waals surface area contributed by atoms with E-state index in [0.29, 0.717) is 11.7 Å².